The topological polar surface area (TPSA) is 32.3 Å². The molecule has 0 spiro atoms. The molecule has 0 aromatic heterocycles. The standard InChI is InChI=1S/C16H23ClN2O.ClH/c1-16(2,10-12-5-4-6-13(17)9-12)15(20)19(3)14-7-8-18-11-14;/h4-6,9,14,18H,7-8,10-11H2,1-3H3;1H. The maximum Gasteiger partial charge on any atom is 0.228 e. The summed E-state index contributed by atoms with van der Waals surface area (Å²) in [4.78, 5) is 14.6. The molecule has 1 aromatic rings. The third-order valence-corrected chi connectivity index (χ3v) is 4.25. The number of rotatable bonds is 4. The zero-order chi connectivity index (χ0) is 14.8. The van der Waals surface area contributed by atoms with E-state index < -0.39 is 5.41 Å². The molecule has 5 heteroatoms. The normalized spacial score (nSPS) is 18.2. The second-order valence-corrected chi connectivity index (χ2v) is 6.69. The van der Waals surface area contributed by atoms with E-state index in [1.807, 2.05) is 50.1 Å². The van der Waals surface area contributed by atoms with Gasteiger partial charge in [0.2, 0.25) is 5.91 Å². The van der Waals surface area contributed by atoms with Crippen molar-refractivity contribution in [3.63, 3.8) is 0 Å². The van der Waals surface area contributed by atoms with Crippen LogP contribution in [0.15, 0.2) is 24.3 Å². The van der Waals surface area contributed by atoms with Crippen LogP contribution in [0.5, 0.6) is 0 Å². The molecule has 0 aliphatic carbocycles. The summed E-state index contributed by atoms with van der Waals surface area (Å²) in [5, 5.41) is 4.03. The van der Waals surface area contributed by atoms with Crippen LogP contribution in [0.3, 0.4) is 0 Å². The van der Waals surface area contributed by atoms with Gasteiger partial charge in [-0.25, -0.2) is 0 Å². The number of hydrogen-bond donors (Lipinski definition) is 1. The van der Waals surface area contributed by atoms with E-state index in [1.165, 1.54) is 0 Å². The van der Waals surface area contributed by atoms with Gasteiger partial charge in [0.25, 0.3) is 0 Å². The van der Waals surface area contributed by atoms with Crippen LogP contribution in [-0.4, -0.2) is 37.0 Å². The molecule has 1 aliphatic rings. The van der Waals surface area contributed by atoms with E-state index in [0.717, 1.165) is 30.1 Å². The second kappa shape index (κ2) is 7.48. The minimum atomic E-state index is -0.415. The van der Waals surface area contributed by atoms with Crippen molar-refractivity contribution < 1.29 is 4.79 Å². The van der Waals surface area contributed by atoms with Gasteiger partial charge in [0.1, 0.15) is 0 Å². The van der Waals surface area contributed by atoms with Gasteiger partial charge in [0, 0.05) is 30.1 Å². The summed E-state index contributed by atoms with van der Waals surface area (Å²) < 4.78 is 0. The molecule has 21 heavy (non-hydrogen) atoms. The molecule has 1 aliphatic heterocycles. The van der Waals surface area contributed by atoms with E-state index in [0.29, 0.717) is 12.5 Å². The smallest absolute Gasteiger partial charge is 0.228 e. The first kappa shape index (κ1) is 18.3. The molecule has 0 radical (unpaired) electrons. The number of carbonyl (C=O) groups is 1. The van der Waals surface area contributed by atoms with E-state index in [-0.39, 0.29) is 18.3 Å². The third-order valence-electron chi connectivity index (χ3n) is 4.02. The Morgan fingerprint density at radius 2 is 2.19 bits per heavy atom. The lowest BCUT2D eigenvalue weighted by Crippen LogP contribution is -2.46. The number of amides is 1. The Hall–Kier alpha value is -0.770. The summed E-state index contributed by atoms with van der Waals surface area (Å²) in [6, 6.07) is 8.08. The first-order chi connectivity index (χ1) is 9.40. The zero-order valence-electron chi connectivity index (χ0n) is 12.9. The van der Waals surface area contributed by atoms with Crippen LogP contribution in [-0.2, 0) is 11.2 Å². The van der Waals surface area contributed by atoms with E-state index in [1.54, 1.807) is 0 Å². The lowest BCUT2D eigenvalue weighted by atomic mass is 9.84. The first-order valence-corrected chi connectivity index (χ1v) is 7.50. The molecule has 2 rings (SSSR count). The van der Waals surface area contributed by atoms with Gasteiger partial charge in [-0.1, -0.05) is 37.6 Å². The largest absolute Gasteiger partial charge is 0.341 e. The molecule has 1 atom stereocenters. The van der Waals surface area contributed by atoms with Crippen molar-refractivity contribution in [3.05, 3.63) is 34.9 Å². The van der Waals surface area contributed by atoms with Gasteiger partial charge in [-0.05, 0) is 37.1 Å². The van der Waals surface area contributed by atoms with Crippen molar-refractivity contribution in [1.29, 1.82) is 0 Å². The van der Waals surface area contributed by atoms with Crippen molar-refractivity contribution >= 4 is 29.9 Å². The number of halogens is 2. The van der Waals surface area contributed by atoms with Crippen LogP contribution in [0.1, 0.15) is 25.8 Å². The first-order valence-electron chi connectivity index (χ1n) is 7.12. The molecule has 3 nitrogen and oxygen atoms in total. The Labute approximate surface area is 138 Å². The molecule has 1 fully saturated rings. The number of likely N-dealkylation sites (N-methyl/N-ethyl adjacent to an activating group) is 1. The monoisotopic (exact) mass is 330 g/mol. The molecular formula is C16H24Cl2N2O. The highest BCUT2D eigenvalue weighted by molar-refractivity contribution is 6.30. The highest BCUT2D eigenvalue weighted by atomic mass is 35.5. The second-order valence-electron chi connectivity index (χ2n) is 6.25. The van der Waals surface area contributed by atoms with Gasteiger partial charge in [-0.3, -0.25) is 4.79 Å². The quantitative estimate of drug-likeness (QED) is 0.919. The van der Waals surface area contributed by atoms with E-state index >= 15 is 0 Å². The fourth-order valence-corrected chi connectivity index (χ4v) is 3.06. The number of nitrogens with zero attached hydrogens (tertiary/aromatic N) is 1. The number of carbonyl (C=O) groups excluding carboxylic acids is 1. The SMILES string of the molecule is CN(C(=O)C(C)(C)Cc1cccc(Cl)c1)C1CCNC1.Cl. The Morgan fingerprint density at radius 1 is 1.48 bits per heavy atom. The molecule has 1 aromatic carbocycles. The number of benzene rings is 1. The molecule has 1 unspecified atom stereocenters. The maximum absolute atomic E-state index is 12.7. The van der Waals surface area contributed by atoms with Crippen molar-refractivity contribution in [2.45, 2.75) is 32.7 Å². The average Bonchev–Trinajstić information content (AvgIpc) is 2.90. The predicted molar refractivity (Wildman–Crippen MR) is 90.2 cm³/mol. The highest BCUT2D eigenvalue weighted by Crippen LogP contribution is 2.27. The summed E-state index contributed by atoms with van der Waals surface area (Å²) in [5.41, 5.74) is 0.691. The molecule has 1 saturated heterocycles. The highest BCUT2D eigenvalue weighted by Gasteiger charge is 2.34. The van der Waals surface area contributed by atoms with Crippen LogP contribution < -0.4 is 5.32 Å². The minimum absolute atomic E-state index is 0. The maximum atomic E-state index is 12.7. The zero-order valence-corrected chi connectivity index (χ0v) is 14.4. The van der Waals surface area contributed by atoms with Crippen LogP contribution in [0.4, 0.5) is 0 Å². The van der Waals surface area contributed by atoms with Gasteiger partial charge in [0.05, 0.1) is 0 Å². The van der Waals surface area contributed by atoms with Gasteiger partial charge < -0.3 is 10.2 Å². The van der Waals surface area contributed by atoms with E-state index in [2.05, 4.69) is 5.32 Å². The molecular weight excluding hydrogens is 307 g/mol. The van der Waals surface area contributed by atoms with Crippen molar-refractivity contribution in [1.82, 2.24) is 10.2 Å². The summed E-state index contributed by atoms with van der Waals surface area (Å²) in [5.74, 6) is 0.200. The molecule has 118 valence electrons. The summed E-state index contributed by atoms with van der Waals surface area (Å²) in [6.45, 7) is 5.91. The number of nitrogens with one attached hydrogen (secondary N) is 1. The molecule has 1 N–H and O–H groups in total. The number of hydrogen-bond acceptors (Lipinski definition) is 2. The van der Waals surface area contributed by atoms with Crippen molar-refractivity contribution in [2.24, 2.45) is 5.41 Å². The lowest BCUT2D eigenvalue weighted by molar-refractivity contribution is -0.140. The van der Waals surface area contributed by atoms with Crippen LogP contribution in [0.25, 0.3) is 0 Å². The van der Waals surface area contributed by atoms with E-state index in [9.17, 15) is 4.79 Å². The van der Waals surface area contributed by atoms with Crippen molar-refractivity contribution in [2.75, 3.05) is 20.1 Å². The molecule has 1 heterocycles. The third kappa shape index (κ3) is 4.60. The summed E-state index contributed by atoms with van der Waals surface area (Å²) in [7, 11) is 1.92. The molecule has 1 amide bonds. The average molecular weight is 331 g/mol. The molecule has 0 bridgehead atoms. The fraction of sp³-hybridized carbons (Fsp3) is 0.562. The Kier molecular flexibility index (Phi) is 6.51. The van der Waals surface area contributed by atoms with Gasteiger partial charge in [-0.15, -0.1) is 12.4 Å². The Balaban J connectivity index is 0.00000220. The van der Waals surface area contributed by atoms with Gasteiger partial charge >= 0.3 is 0 Å². The van der Waals surface area contributed by atoms with Gasteiger partial charge in [-0.2, -0.15) is 0 Å². The van der Waals surface area contributed by atoms with Crippen LogP contribution in [0, 0.1) is 5.41 Å². The fourth-order valence-electron chi connectivity index (χ4n) is 2.85. The molecule has 0 saturated carbocycles. The minimum Gasteiger partial charge on any atom is -0.341 e. The summed E-state index contributed by atoms with van der Waals surface area (Å²) in [6.07, 6.45) is 1.74. The predicted octanol–water partition coefficient (Wildman–Crippen LogP) is 3.15. The lowest BCUT2D eigenvalue weighted by Gasteiger charge is -2.33. The van der Waals surface area contributed by atoms with E-state index in [4.69, 9.17) is 11.6 Å². The van der Waals surface area contributed by atoms with Crippen LogP contribution in [0.2, 0.25) is 5.02 Å². The van der Waals surface area contributed by atoms with Crippen molar-refractivity contribution in [3.8, 4) is 0 Å². The van der Waals surface area contributed by atoms with Gasteiger partial charge in [0.15, 0.2) is 0 Å². The Morgan fingerprint density at radius 3 is 2.76 bits per heavy atom. The summed E-state index contributed by atoms with van der Waals surface area (Å²) >= 11 is 6.02. The Bertz CT molecular complexity index is 485. The van der Waals surface area contributed by atoms with Crippen LogP contribution >= 0.6 is 24.0 Å².